The van der Waals surface area contributed by atoms with Crippen LogP contribution in [0.25, 0.3) is 11.1 Å². The van der Waals surface area contributed by atoms with Crippen molar-refractivity contribution in [3.63, 3.8) is 0 Å². The van der Waals surface area contributed by atoms with Crippen molar-refractivity contribution in [1.82, 2.24) is 4.90 Å². The predicted octanol–water partition coefficient (Wildman–Crippen LogP) is 4.20. The third kappa shape index (κ3) is 2.77. The SMILES string of the molecule is CN1C(=O)C2(CC(C)(C)Oc3c(Cl)cc(-c4cccc(Cl)c4)cc32)N=C1N. The minimum Gasteiger partial charge on any atom is -0.486 e. The zero-order valence-corrected chi connectivity index (χ0v) is 16.7. The van der Waals surface area contributed by atoms with Crippen molar-refractivity contribution in [2.24, 2.45) is 10.7 Å². The second-order valence-corrected chi connectivity index (χ2v) is 8.42. The molecule has 0 fully saturated rings. The zero-order valence-electron chi connectivity index (χ0n) is 15.2. The van der Waals surface area contributed by atoms with Gasteiger partial charge in [-0.3, -0.25) is 9.69 Å². The van der Waals surface area contributed by atoms with Crippen LogP contribution in [-0.2, 0) is 10.3 Å². The maximum Gasteiger partial charge on any atom is 0.261 e. The number of halogens is 2. The summed E-state index contributed by atoms with van der Waals surface area (Å²) in [6.45, 7) is 3.83. The van der Waals surface area contributed by atoms with E-state index in [0.717, 1.165) is 11.1 Å². The molecule has 1 amide bonds. The lowest BCUT2D eigenvalue weighted by molar-refractivity contribution is -0.133. The molecule has 0 saturated carbocycles. The van der Waals surface area contributed by atoms with Gasteiger partial charge >= 0.3 is 0 Å². The minimum absolute atomic E-state index is 0.183. The number of benzene rings is 2. The highest BCUT2D eigenvalue weighted by Crippen LogP contribution is 2.52. The fourth-order valence-corrected chi connectivity index (χ4v) is 4.30. The van der Waals surface area contributed by atoms with Crippen LogP contribution in [-0.4, -0.2) is 29.4 Å². The first-order valence-corrected chi connectivity index (χ1v) is 9.31. The average Bonchev–Trinajstić information content (AvgIpc) is 2.79. The predicted molar refractivity (Wildman–Crippen MR) is 107 cm³/mol. The largest absolute Gasteiger partial charge is 0.486 e. The molecule has 1 spiro atoms. The summed E-state index contributed by atoms with van der Waals surface area (Å²) in [6.07, 6.45) is 0.367. The number of carbonyl (C=O) groups is 1. The Morgan fingerprint density at radius 1 is 1.19 bits per heavy atom. The number of rotatable bonds is 1. The maximum atomic E-state index is 13.2. The molecule has 2 aliphatic rings. The number of ether oxygens (including phenoxy) is 1. The molecule has 2 aromatic carbocycles. The van der Waals surface area contributed by atoms with E-state index < -0.39 is 11.1 Å². The van der Waals surface area contributed by atoms with E-state index in [2.05, 4.69) is 4.99 Å². The molecule has 140 valence electrons. The van der Waals surface area contributed by atoms with Crippen LogP contribution in [0.1, 0.15) is 25.8 Å². The second kappa shape index (κ2) is 5.88. The Kier molecular flexibility index (Phi) is 3.95. The molecule has 1 unspecified atom stereocenters. The van der Waals surface area contributed by atoms with E-state index >= 15 is 0 Å². The van der Waals surface area contributed by atoms with Gasteiger partial charge in [-0.2, -0.15) is 0 Å². The van der Waals surface area contributed by atoms with Crippen LogP contribution in [0, 0.1) is 0 Å². The van der Waals surface area contributed by atoms with Crippen LogP contribution >= 0.6 is 23.2 Å². The molecule has 5 nitrogen and oxygen atoms in total. The van der Waals surface area contributed by atoms with Gasteiger partial charge in [0.25, 0.3) is 5.91 Å². The maximum absolute atomic E-state index is 13.2. The van der Waals surface area contributed by atoms with E-state index in [4.69, 9.17) is 33.7 Å². The lowest BCUT2D eigenvalue weighted by Gasteiger charge is -2.41. The van der Waals surface area contributed by atoms with Gasteiger partial charge in [0.05, 0.1) is 5.02 Å². The van der Waals surface area contributed by atoms with Crippen molar-refractivity contribution in [2.45, 2.75) is 31.4 Å². The number of nitrogens with two attached hydrogens (primary N) is 1. The molecular formula is C20H19Cl2N3O2. The molecule has 27 heavy (non-hydrogen) atoms. The number of likely N-dealkylation sites (N-methyl/N-ethyl adjacent to an activating group) is 1. The normalized spacial score (nSPS) is 23.2. The van der Waals surface area contributed by atoms with Gasteiger partial charge in [-0.25, -0.2) is 4.99 Å². The quantitative estimate of drug-likeness (QED) is 0.775. The van der Waals surface area contributed by atoms with Crippen molar-refractivity contribution in [1.29, 1.82) is 0 Å². The van der Waals surface area contributed by atoms with Crippen LogP contribution < -0.4 is 10.5 Å². The van der Waals surface area contributed by atoms with Crippen molar-refractivity contribution in [3.8, 4) is 16.9 Å². The molecule has 7 heteroatoms. The monoisotopic (exact) mass is 403 g/mol. The van der Waals surface area contributed by atoms with E-state index in [1.807, 2.05) is 44.2 Å². The molecule has 4 rings (SSSR count). The van der Waals surface area contributed by atoms with Gasteiger partial charge in [0, 0.05) is 24.1 Å². The molecule has 0 aliphatic carbocycles. The summed E-state index contributed by atoms with van der Waals surface area (Å²) in [5.41, 5.74) is 6.57. The molecule has 2 aliphatic heterocycles. The number of amides is 1. The van der Waals surface area contributed by atoms with Crippen molar-refractivity contribution in [3.05, 3.63) is 52.0 Å². The van der Waals surface area contributed by atoms with Crippen molar-refractivity contribution >= 4 is 35.1 Å². The molecule has 0 radical (unpaired) electrons. The van der Waals surface area contributed by atoms with Crippen LogP contribution in [0.3, 0.4) is 0 Å². The summed E-state index contributed by atoms with van der Waals surface area (Å²) >= 11 is 12.7. The van der Waals surface area contributed by atoms with Crippen LogP contribution in [0.2, 0.25) is 10.0 Å². The fourth-order valence-electron chi connectivity index (χ4n) is 3.85. The van der Waals surface area contributed by atoms with Gasteiger partial charge < -0.3 is 10.5 Å². The fraction of sp³-hybridized carbons (Fsp3) is 0.300. The van der Waals surface area contributed by atoms with Crippen LogP contribution in [0.15, 0.2) is 41.4 Å². The highest BCUT2D eigenvalue weighted by atomic mass is 35.5. The molecule has 0 bridgehead atoms. The third-order valence-electron chi connectivity index (χ3n) is 5.01. The number of fused-ring (bicyclic) bond motifs is 2. The third-order valence-corrected chi connectivity index (χ3v) is 5.53. The molecule has 2 aromatic rings. The topological polar surface area (TPSA) is 67.9 Å². The van der Waals surface area contributed by atoms with E-state index in [9.17, 15) is 4.79 Å². The van der Waals surface area contributed by atoms with E-state index in [1.54, 1.807) is 13.1 Å². The Labute approximate surface area is 167 Å². The Hall–Kier alpha value is -2.24. The highest BCUT2D eigenvalue weighted by molar-refractivity contribution is 6.33. The molecule has 1 atom stereocenters. The van der Waals surface area contributed by atoms with Gasteiger partial charge in [0.1, 0.15) is 11.4 Å². The lowest BCUT2D eigenvalue weighted by atomic mass is 9.77. The van der Waals surface area contributed by atoms with Gasteiger partial charge in [-0.05, 0) is 49.2 Å². The zero-order chi connectivity index (χ0) is 19.6. The summed E-state index contributed by atoms with van der Waals surface area (Å²) < 4.78 is 6.13. The molecule has 2 N–H and O–H groups in total. The van der Waals surface area contributed by atoms with Crippen LogP contribution in [0.4, 0.5) is 0 Å². The molecule has 0 aromatic heterocycles. The Morgan fingerprint density at radius 3 is 2.56 bits per heavy atom. The summed E-state index contributed by atoms with van der Waals surface area (Å²) in [5, 5.41) is 1.04. The lowest BCUT2D eigenvalue weighted by Crippen LogP contribution is -2.49. The molecule has 0 saturated heterocycles. The molecule has 2 heterocycles. The standard InChI is InChI=1S/C20H19Cl2N3O2/c1-19(2)10-20(17(26)25(3)18(23)24-20)14-8-12(9-15(22)16(14)27-19)11-5-4-6-13(21)7-11/h4-9H,10H2,1-3H3,(H2,23,24). The minimum atomic E-state index is -1.14. The van der Waals surface area contributed by atoms with E-state index in [1.165, 1.54) is 4.90 Å². The summed E-state index contributed by atoms with van der Waals surface area (Å²) in [5.74, 6) is 0.476. The molecular weight excluding hydrogens is 385 g/mol. The summed E-state index contributed by atoms with van der Waals surface area (Å²) in [6, 6.07) is 11.2. The summed E-state index contributed by atoms with van der Waals surface area (Å²) in [7, 11) is 1.63. The number of nitrogens with zero attached hydrogens (tertiary/aromatic N) is 2. The van der Waals surface area contributed by atoms with Crippen molar-refractivity contribution in [2.75, 3.05) is 7.05 Å². The highest BCUT2D eigenvalue weighted by Gasteiger charge is 2.56. The number of hydrogen-bond donors (Lipinski definition) is 1. The average molecular weight is 404 g/mol. The van der Waals surface area contributed by atoms with Gasteiger partial charge in [0.15, 0.2) is 11.5 Å². The van der Waals surface area contributed by atoms with E-state index in [-0.39, 0.29) is 11.9 Å². The van der Waals surface area contributed by atoms with Gasteiger partial charge in [-0.15, -0.1) is 0 Å². The number of guanidine groups is 1. The van der Waals surface area contributed by atoms with E-state index in [0.29, 0.717) is 27.8 Å². The first kappa shape index (κ1) is 18.1. The number of aliphatic imine (C=N–C) groups is 1. The Bertz CT molecular complexity index is 1000. The smallest absolute Gasteiger partial charge is 0.261 e. The van der Waals surface area contributed by atoms with Gasteiger partial charge in [0.2, 0.25) is 0 Å². The first-order valence-electron chi connectivity index (χ1n) is 8.55. The Balaban J connectivity index is 1.99. The number of hydrogen-bond acceptors (Lipinski definition) is 4. The second-order valence-electron chi connectivity index (χ2n) is 7.58. The van der Waals surface area contributed by atoms with Gasteiger partial charge in [-0.1, -0.05) is 35.3 Å². The van der Waals surface area contributed by atoms with Crippen molar-refractivity contribution < 1.29 is 9.53 Å². The summed E-state index contributed by atoms with van der Waals surface area (Å²) in [4.78, 5) is 19.1. The Morgan fingerprint density at radius 2 is 1.93 bits per heavy atom. The number of carbonyl (C=O) groups excluding carboxylic acids is 1. The van der Waals surface area contributed by atoms with Crippen LogP contribution in [0.5, 0.6) is 5.75 Å². The first-order chi connectivity index (χ1) is 12.6.